The van der Waals surface area contributed by atoms with Gasteiger partial charge in [0.1, 0.15) is 5.82 Å². The second-order valence-electron chi connectivity index (χ2n) is 4.13. The molecule has 0 spiro atoms. The quantitative estimate of drug-likeness (QED) is 0.844. The minimum atomic E-state index is -0.525. The molecule has 0 saturated carbocycles. The highest BCUT2D eigenvalue weighted by atomic mass is 35.5. The third kappa shape index (κ3) is 4.87. The lowest BCUT2D eigenvalue weighted by atomic mass is 10.1. The van der Waals surface area contributed by atoms with E-state index in [2.05, 4.69) is 10.1 Å². The van der Waals surface area contributed by atoms with E-state index in [9.17, 15) is 14.0 Å². The van der Waals surface area contributed by atoms with Crippen molar-refractivity contribution < 1.29 is 18.7 Å². The maximum Gasteiger partial charge on any atom is 0.307 e. The number of halogens is 2. The fraction of sp³-hybridized carbons (Fsp3) is 0.385. The first kappa shape index (κ1) is 15.4. The van der Waals surface area contributed by atoms with Crippen molar-refractivity contribution >= 4 is 23.5 Å². The van der Waals surface area contributed by atoms with E-state index in [1.807, 2.05) is 0 Å². The molecule has 0 heterocycles. The average Bonchev–Trinajstić information content (AvgIpc) is 2.33. The van der Waals surface area contributed by atoms with Crippen LogP contribution in [-0.4, -0.2) is 25.0 Å². The molecule has 1 aromatic carbocycles. The zero-order valence-corrected chi connectivity index (χ0v) is 11.5. The van der Waals surface area contributed by atoms with Crippen LogP contribution in [0.1, 0.15) is 18.9 Å². The van der Waals surface area contributed by atoms with Gasteiger partial charge in [0.15, 0.2) is 0 Å². The van der Waals surface area contributed by atoms with Gasteiger partial charge in [-0.25, -0.2) is 4.39 Å². The summed E-state index contributed by atoms with van der Waals surface area (Å²) in [5, 5.41) is 2.79. The topological polar surface area (TPSA) is 55.4 Å². The first-order valence-corrected chi connectivity index (χ1v) is 6.11. The third-order valence-electron chi connectivity index (χ3n) is 2.51. The number of carbonyl (C=O) groups excluding carboxylic acids is 2. The van der Waals surface area contributed by atoms with Crippen LogP contribution in [0, 0.1) is 5.82 Å². The van der Waals surface area contributed by atoms with Gasteiger partial charge < -0.3 is 10.1 Å². The van der Waals surface area contributed by atoms with Crippen molar-refractivity contribution in [3.63, 3.8) is 0 Å². The number of amides is 1. The molecule has 1 atom stereocenters. The number of ether oxygens (including phenoxy) is 1. The van der Waals surface area contributed by atoms with E-state index in [0.29, 0.717) is 0 Å². The van der Waals surface area contributed by atoms with Gasteiger partial charge in [-0.05, 0) is 19.1 Å². The Morgan fingerprint density at radius 1 is 1.47 bits per heavy atom. The Hall–Kier alpha value is -1.62. The maximum atomic E-state index is 13.5. The first-order valence-electron chi connectivity index (χ1n) is 5.73. The Bertz CT molecular complexity index is 459. The summed E-state index contributed by atoms with van der Waals surface area (Å²) in [7, 11) is 1.27. The summed E-state index contributed by atoms with van der Waals surface area (Å²) < 4.78 is 18.0. The van der Waals surface area contributed by atoms with Crippen molar-refractivity contribution in [2.24, 2.45) is 0 Å². The molecular formula is C13H15ClFNO3. The van der Waals surface area contributed by atoms with Crippen molar-refractivity contribution in [2.45, 2.75) is 25.8 Å². The lowest BCUT2D eigenvalue weighted by molar-refractivity contribution is -0.141. The molecular weight excluding hydrogens is 273 g/mol. The lowest BCUT2D eigenvalue weighted by Gasteiger charge is -2.13. The number of hydrogen-bond donors (Lipinski definition) is 1. The summed E-state index contributed by atoms with van der Waals surface area (Å²) in [6.07, 6.45) is -0.107. The molecule has 1 N–H and O–H groups in total. The van der Waals surface area contributed by atoms with Gasteiger partial charge in [-0.2, -0.15) is 0 Å². The smallest absolute Gasteiger partial charge is 0.307 e. The van der Waals surface area contributed by atoms with E-state index < -0.39 is 17.7 Å². The molecule has 4 nitrogen and oxygen atoms in total. The van der Waals surface area contributed by atoms with Crippen molar-refractivity contribution in [3.05, 3.63) is 34.6 Å². The predicted octanol–water partition coefficient (Wildman–Crippen LogP) is 2.09. The van der Waals surface area contributed by atoms with Gasteiger partial charge in [0.05, 0.1) is 20.0 Å². The zero-order valence-electron chi connectivity index (χ0n) is 10.7. The fourth-order valence-electron chi connectivity index (χ4n) is 1.57. The molecule has 1 aromatic rings. The first-order chi connectivity index (χ1) is 8.93. The van der Waals surface area contributed by atoms with Crippen LogP contribution in [0.5, 0.6) is 0 Å². The second-order valence-corrected chi connectivity index (χ2v) is 4.53. The minimum absolute atomic E-state index is 0.0627. The van der Waals surface area contributed by atoms with Crippen LogP contribution in [0.3, 0.4) is 0 Å². The highest BCUT2D eigenvalue weighted by Gasteiger charge is 2.15. The lowest BCUT2D eigenvalue weighted by Crippen LogP contribution is -2.35. The van der Waals surface area contributed by atoms with E-state index in [4.69, 9.17) is 11.6 Å². The van der Waals surface area contributed by atoms with E-state index in [0.717, 1.165) is 0 Å². The van der Waals surface area contributed by atoms with Crippen LogP contribution in [0.25, 0.3) is 0 Å². The van der Waals surface area contributed by atoms with Crippen molar-refractivity contribution in [3.8, 4) is 0 Å². The number of hydrogen-bond acceptors (Lipinski definition) is 3. The van der Waals surface area contributed by atoms with Crippen LogP contribution in [0.4, 0.5) is 4.39 Å². The minimum Gasteiger partial charge on any atom is -0.469 e. The molecule has 19 heavy (non-hydrogen) atoms. The summed E-state index contributed by atoms with van der Waals surface area (Å²) in [6.45, 7) is 1.66. The van der Waals surface area contributed by atoms with E-state index in [1.165, 1.54) is 25.3 Å². The number of benzene rings is 1. The highest BCUT2D eigenvalue weighted by molar-refractivity contribution is 6.31. The van der Waals surface area contributed by atoms with Gasteiger partial charge in [-0.1, -0.05) is 17.7 Å². The molecule has 0 saturated heterocycles. The summed E-state index contributed by atoms with van der Waals surface area (Å²) in [4.78, 5) is 22.7. The van der Waals surface area contributed by atoms with Gasteiger partial charge >= 0.3 is 5.97 Å². The molecule has 1 unspecified atom stereocenters. The van der Waals surface area contributed by atoms with Gasteiger partial charge in [-0.15, -0.1) is 0 Å². The Kier molecular flexibility index (Phi) is 5.76. The van der Waals surface area contributed by atoms with Gasteiger partial charge in [0.2, 0.25) is 5.91 Å². The van der Waals surface area contributed by atoms with E-state index in [1.54, 1.807) is 6.92 Å². The number of carbonyl (C=O) groups is 2. The van der Waals surface area contributed by atoms with E-state index in [-0.39, 0.29) is 29.5 Å². The molecule has 0 aliphatic rings. The average molecular weight is 288 g/mol. The summed E-state index contributed by atoms with van der Waals surface area (Å²) in [6, 6.07) is 3.85. The predicted molar refractivity (Wildman–Crippen MR) is 69.4 cm³/mol. The van der Waals surface area contributed by atoms with Crippen molar-refractivity contribution in [1.29, 1.82) is 0 Å². The second kappa shape index (κ2) is 7.09. The molecule has 6 heteroatoms. The third-order valence-corrected chi connectivity index (χ3v) is 2.86. The molecule has 1 amide bonds. The Morgan fingerprint density at radius 2 is 2.16 bits per heavy atom. The molecule has 0 aromatic heterocycles. The maximum absolute atomic E-state index is 13.5. The van der Waals surface area contributed by atoms with Gasteiger partial charge in [0.25, 0.3) is 0 Å². The molecule has 0 bridgehead atoms. The zero-order chi connectivity index (χ0) is 14.4. The summed E-state index contributed by atoms with van der Waals surface area (Å²) in [5.41, 5.74) is 0.145. The van der Waals surface area contributed by atoms with Crippen molar-refractivity contribution in [1.82, 2.24) is 5.32 Å². The van der Waals surface area contributed by atoms with Crippen LogP contribution in [0.15, 0.2) is 18.2 Å². The molecule has 0 radical (unpaired) electrons. The molecule has 0 fully saturated rings. The monoisotopic (exact) mass is 287 g/mol. The number of methoxy groups -OCH3 is 1. The summed E-state index contributed by atoms with van der Waals surface area (Å²) in [5.74, 6) is -1.34. The normalized spacial score (nSPS) is 11.8. The van der Waals surface area contributed by atoms with Crippen molar-refractivity contribution in [2.75, 3.05) is 7.11 Å². The Morgan fingerprint density at radius 3 is 2.74 bits per heavy atom. The van der Waals surface area contributed by atoms with Crippen LogP contribution < -0.4 is 5.32 Å². The number of rotatable bonds is 5. The number of esters is 1. The number of nitrogens with one attached hydrogen (secondary N) is 1. The van der Waals surface area contributed by atoms with Gasteiger partial charge in [-0.3, -0.25) is 9.59 Å². The van der Waals surface area contributed by atoms with Crippen LogP contribution in [-0.2, 0) is 20.7 Å². The Balaban J connectivity index is 2.58. The van der Waals surface area contributed by atoms with Crippen LogP contribution >= 0.6 is 11.6 Å². The largest absolute Gasteiger partial charge is 0.469 e. The molecule has 0 aliphatic carbocycles. The highest BCUT2D eigenvalue weighted by Crippen LogP contribution is 2.19. The molecule has 1 rings (SSSR count). The molecule has 0 aliphatic heterocycles. The molecule has 104 valence electrons. The van der Waals surface area contributed by atoms with Crippen LogP contribution in [0.2, 0.25) is 5.02 Å². The van der Waals surface area contributed by atoms with E-state index >= 15 is 0 Å². The van der Waals surface area contributed by atoms with Gasteiger partial charge in [0, 0.05) is 16.6 Å². The standard InChI is InChI=1S/C13H15ClFNO3/c1-8(6-13(18)19-2)16-12(17)7-9-10(14)4-3-5-11(9)15/h3-5,8H,6-7H2,1-2H3,(H,16,17). The summed E-state index contributed by atoms with van der Waals surface area (Å²) >= 11 is 5.82. The fourth-order valence-corrected chi connectivity index (χ4v) is 1.80. The Labute approximate surface area is 115 Å². The SMILES string of the molecule is COC(=O)CC(C)NC(=O)Cc1c(F)cccc1Cl.